The molecular weight excluding hydrogens is 511 g/mol. The summed E-state index contributed by atoms with van der Waals surface area (Å²) in [7, 11) is -4.33. The molecule has 0 bridgehead atoms. The zero-order valence-electron chi connectivity index (χ0n) is 23.6. The zero-order valence-corrected chi connectivity index (χ0v) is 24.5. The fraction of sp³-hybridized carbons (Fsp3) is 0.893. The van der Waals surface area contributed by atoms with Gasteiger partial charge in [0, 0.05) is 11.3 Å². The molecule has 38 heavy (non-hydrogen) atoms. The van der Waals surface area contributed by atoms with Crippen LogP contribution >= 0.6 is 7.82 Å². The van der Waals surface area contributed by atoms with Crippen LogP contribution in [-0.4, -0.2) is 66.7 Å². The third-order valence-electron chi connectivity index (χ3n) is 10.8. The molecular formula is C28H47O9P. The van der Waals surface area contributed by atoms with Crippen molar-refractivity contribution in [2.75, 3.05) is 6.61 Å². The van der Waals surface area contributed by atoms with Crippen molar-refractivity contribution in [3.8, 4) is 0 Å². The SMILES string of the molecule is CC[C@H]1C(=O)C=C2C(CC[C@]3(C)[C@@H]([C@@]4(C)OP(=O)(O)O[C@@H]4CCC(C)(C)O)CC[C@@]23O)[C@@]1(C)C[C@H](O)CO. The van der Waals surface area contributed by atoms with E-state index < -0.39 is 47.7 Å². The molecule has 5 N–H and O–H groups in total. The van der Waals surface area contributed by atoms with Crippen LogP contribution in [0.25, 0.3) is 0 Å². The summed E-state index contributed by atoms with van der Waals surface area (Å²) in [5.41, 5.74) is -4.21. The van der Waals surface area contributed by atoms with Crippen LogP contribution < -0.4 is 0 Å². The van der Waals surface area contributed by atoms with Crippen LogP contribution in [-0.2, 0) is 18.4 Å². The van der Waals surface area contributed by atoms with Gasteiger partial charge in [-0.15, -0.1) is 0 Å². The second-order valence-electron chi connectivity index (χ2n) is 13.7. The number of aliphatic hydroxyl groups excluding tert-OH is 2. The monoisotopic (exact) mass is 558 g/mol. The molecule has 218 valence electrons. The third kappa shape index (κ3) is 4.69. The average molecular weight is 559 g/mol. The molecule has 4 aliphatic rings. The van der Waals surface area contributed by atoms with Gasteiger partial charge in [-0.3, -0.25) is 13.8 Å². The van der Waals surface area contributed by atoms with Gasteiger partial charge >= 0.3 is 7.82 Å². The van der Waals surface area contributed by atoms with Crippen LogP contribution in [0.4, 0.5) is 0 Å². The van der Waals surface area contributed by atoms with Gasteiger partial charge in [-0.1, -0.05) is 20.8 Å². The molecule has 2 unspecified atom stereocenters. The minimum Gasteiger partial charge on any atom is -0.394 e. The Labute approximate surface area is 226 Å². The largest absolute Gasteiger partial charge is 0.473 e. The Morgan fingerprint density at radius 2 is 1.87 bits per heavy atom. The van der Waals surface area contributed by atoms with Gasteiger partial charge in [0.2, 0.25) is 0 Å². The molecule has 10 heteroatoms. The van der Waals surface area contributed by atoms with Crippen molar-refractivity contribution in [1.82, 2.24) is 0 Å². The van der Waals surface area contributed by atoms with E-state index in [-0.39, 0.29) is 36.6 Å². The Kier molecular flexibility index (Phi) is 7.76. The van der Waals surface area contributed by atoms with Gasteiger partial charge in [0.25, 0.3) is 0 Å². The molecule has 1 saturated heterocycles. The molecule has 0 spiro atoms. The van der Waals surface area contributed by atoms with E-state index >= 15 is 0 Å². The molecule has 9 nitrogen and oxygen atoms in total. The highest BCUT2D eigenvalue weighted by molar-refractivity contribution is 7.47. The minimum atomic E-state index is -4.33. The highest BCUT2D eigenvalue weighted by Gasteiger charge is 2.71. The number of phosphoric ester groups is 1. The highest BCUT2D eigenvalue weighted by Crippen LogP contribution is 2.71. The molecule has 0 aromatic heterocycles. The Balaban J connectivity index is 1.73. The predicted molar refractivity (Wildman–Crippen MR) is 141 cm³/mol. The number of hydrogen-bond acceptors (Lipinski definition) is 8. The summed E-state index contributed by atoms with van der Waals surface area (Å²) in [5, 5.41) is 42.8. The summed E-state index contributed by atoms with van der Waals surface area (Å²) in [4.78, 5) is 23.8. The van der Waals surface area contributed by atoms with E-state index in [4.69, 9.17) is 9.05 Å². The molecule has 0 aromatic carbocycles. The van der Waals surface area contributed by atoms with E-state index in [0.29, 0.717) is 50.5 Å². The first-order chi connectivity index (χ1) is 17.4. The summed E-state index contributed by atoms with van der Waals surface area (Å²) >= 11 is 0. The Morgan fingerprint density at radius 3 is 2.45 bits per heavy atom. The summed E-state index contributed by atoms with van der Waals surface area (Å²) in [6, 6.07) is 0. The fourth-order valence-electron chi connectivity index (χ4n) is 8.86. The molecule has 2 saturated carbocycles. The van der Waals surface area contributed by atoms with Gasteiger partial charge in [-0.25, -0.2) is 4.57 Å². The van der Waals surface area contributed by atoms with E-state index in [0.717, 1.165) is 0 Å². The van der Waals surface area contributed by atoms with E-state index in [1.165, 1.54) is 0 Å². The molecule has 10 atom stereocenters. The minimum absolute atomic E-state index is 0.0675. The van der Waals surface area contributed by atoms with Crippen LogP contribution in [0.2, 0.25) is 0 Å². The second-order valence-corrected chi connectivity index (χ2v) is 15.0. The Morgan fingerprint density at radius 1 is 1.21 bits per heavy atom. The number of phosphoric acid groups is 1. The van der Waals surface area contributed by atoms with Crippen molar-refractivity contribution in [3.05, 3.63) is 11.6 Å². The van der Waals surface area contributed by atoms with Gasteiger partial charge < -0.3 is 25.3 Å². The summed E-state index contributed by atoms with van der Waals surface area (Å²) < 4.78 is 24.1. The van der Waals surface area contributed by atoms with E-state index in [1.807, 2.05) is 20.8 Å². The van der Waals surface area contributed by atoms with Crippen LogP contribution in [0.3, 0.4) is 0 Å². The fourth-order valence-corrected chi connectivity index (χ4v) is 10.3. The Bertz CT molecular complexity index is 1020. The van der Waals surface area contributed by atoms with Crippen LogP contribution in [0.1, 0.15) is 92.9 Å². The number of rotatable bonds is 8. The van der Waals surface area contributed by atoms with E-state index in [9.17, 15) is 34.7 Å². The molecule has 0 aromatic rings. The molecule has 0 amide bonds. The molecule has 0 radical (unpaired) electrons. The zero-order chi connectivity index (χ0) is 28.5. The lowest BCUT2D eigenvalue weighted by Crippen LogP contribution is -2.61. The third-order valence-corrected chi connectivity index (χ3v) is 11.9. The number of aliphatic hydroxyl groups is 4. The van der Waals surface area contributed by atoms with Gasteiger partial charge in [-0.2, -0.15) is 0 Å². The number of carbonyl (C=O) groups is 1. The smallest absolute Gasteiger partial charge is 0.394 e. The molecule has 4 rings (SSSR count). The first-order valence-corrected chi connectivity index (χ1v) is 15.6. The standard InChI is InChI=1S/C28H47O9P/c1-7-18-21(31)14-20-19(25(18,4)15-17(30)16-29)8-12-26(5)22(9-13-28(20,26)33)27(6)23(10-11-24(2,3)32)36-38(34,35)37-27/h14,17-19,22-23,29-30,32-33H,7-13,15-16H2,1-6H3,(H,34,35)/t17-,18-,19?,22-,23+,25-,26+,27+,28+/m0/s1. The van der Waals surface area contributed by atoms with E-state index in [2.05, 4.69) is 0 Å². The molecule has 1 heterocycles. The normalized spacial score (nSPS) is 48.0. The number of ketones is 1. The van der Waals surface area contributed by atoms with Crippen molar-refractivity contribution >= 4 is 13.6 Å². The van der Waals surface area contributed by atoms with Gasteiger partial charge in [0.15, 0.2) is 5.78 Å². The maximum absolute atomic E-state index is 13.4. The topological polar surface area (TPSA) is 154 Å². The number of fused-ring (bicyclic) bond motifs is 3. The van der Waals surface area contributed by atoms with Crippen LogP contribution in [0, 0.1) is 28.6 Å². The van der Waals surface area contributed by atoms with Crippen molar-refractivity contribution < 1.29 is 43.7 Å². The summed E-state index contributed by atoms with van der Waals surface area (Å²) in [6.45, 7) is 10.7. The molecule has 3 fully saturated rings. The van der Waals surface area contributed by atoms with Gasteiger partial charge in [0.05, 0.1) is 30.0 Å². The lowest BCUT2D eigenvalue weighted by atomic mass is 9.47. The first kappa shape index (κ1) is 30.3. The number of carbonyl (C=O) groups excluding carboxylic acids is 1. The predicted octanol–water partition coefficient (Wildman–Crippen LogP) is 3.65. The maximum Gasteiger partial charge on any atom is 0.473 e. The second kappa shape index (κ2) is 9.73. The summed E-state index contributed by atoms with van der Waals surface area (Å²) in [6.07, 6.45) is 3.58. The molecule has 3 aliphatic carbocycles. The maximum atomic E-state index is 13.4. The number of hydrogen-bond donors (Lipinski definition) is 5. The van der Waals surface area contributed by atoms with Crippen molar-refractivity contribution in [3.63, 3.8) is 0 Å². The summed E-state index contributed by atoms with van der Waals surface area (Å²) in [5.74, 6) is -0.878. The lowest BCUT2D eigenvalue weighted by molar-refractivity contribution is -0.146. The van der Waals surface area contributed by atoms with Crippen LogP contribution in [0.15, 0.2) is 11.6 Å². The van der Waals surface area contributed by atoms with Crippen LogP contribution in [0.5, 0.6) is 0 Å². The van der Waals surface area contributed by atoms with Crippen molar-refractivity contribution in [1.29, 1.82) is 0 Å². The molecule has 1 aliphatic heterocycles. The van der Waals surface area contributed by atoms with Crippen molar-refractivity contribution in [2.45, 2.75) is 122 Å². The lowest BCUT2D eigenvalue weighted by Gasteiger charge is -2.59. The highest BCUT2D eigenvalue weighted by atomic mass is 31.2. The van der Waals surface area contributed by atoms with E-state index in [1.54, 1.807) is 26.8 Å². The van der Waals surface area contributed by atoms with Gasteiger partial charge in [0.1, 0.15) is 5.60 Å². The quantitative estimate of drug-likeness (QED) is 0.281. The Hall–Kier alpha value is -0.640. The number of allylic oxidation sites excluding steroid dienone is 1. The van der Waals surface area contributed by atoms with Gasteiger partial charge in [-0.05, 0) is 101 Å². The first-order valence-electron chi connectivity index (χ1n) is 14.1. The van der Waals surface area contributed by atoms with Crippen molar-refractivity contribution in [2.24, 2.45) is 28.6 Å². The average Bonchev–Trinajstić information content (AvgIpc) is 3.21.